The lowest BCUT2D eigenvalue weighted by molar-refractivity contribution is 0.241. The van der Waals surface area contributed by atoms with Crippen LogP contribution in [0.1, 0.15) is 13.8 Å². The maximum absolute atomic E-state index is 10.1. The largest absolute Gasteiger partial charge is 0.504 e. The number of rotatable bonds is 4. The Balaban J connectivity index is 2.42. The number of hydrogen-bond donors (Lipinski definition) is 1. The zero-order valence-corrected chi connectivity index (χ0v) is 11.3. The van der Waals surface area contributed by atoms with Crippen molar-refractivity contribution in [2.75, 3.05) is 7.11 Å². The molecule has 0 fully saturated rings. The number of phenolic OH excluding ortho intramolecular Hbond substituents is 1. The van der Waals surface area contributed by atoms with Gasteiger partial charge in [-0.1, -0.05) is 12.1 Å². The summed E-state index contributed by atoms with van der Waals surface area (Å²) in [4.78, 5) is 4.13. The molecule has 0 spiro atoms. The number of ether oxygens (including phenoxy) is 2. The van der Waals surface area contributed by atoms with Gasteiger partial charge in [-0.3, -0.25) is 4.98 Å². The zero-order chi connectivity index (χ0) is 13.8. The average Bonchev–Trinajstić information content (AvgIpc) is 2.38. The summed E-state index contributed by atoms with van der Waals surface area (Å²) in [5, 5.41) is 10.1. The molecule has 0 aliphatic carbocycles. The van der Waals surface area contributed by atoms with Gasteiger partial charge in [0.15, 0.2) is 11.5 Å². The smallest absolute Gasteiger partial charge is 0.165 e. The van der Waals surface area contributed by atoms with Crippen LogP contribution in [0.3, 0.4) is 0 Å². The topological polar surface area (TPSA) is 51.6 Å². The second-order valence-electron chi connectivity index (χ2n) is 4.43. The molecule has 1 aromatic heterocycles. The van der Waals surface area contributed by atoms with Crippen LogP contribution in [0, 0.1) is 0 Å². The zero-order valence-electron chi connectivity index (χ0n) is 11.3. The second-order valence-corrected chi connectivity index (χ2v) is 4.43. The lowest BCUT2D eigenvalue weighted by Crippen LogP contribution is -2.05. The molecule has 0 amide bonds. The summed E-state index contributed by atoms with van der Waals surface area (Å²) in [5.74, 6) is 1.22. The molecule has 0 saturated carbocycles. The van der Waals surface area contributed by atoms with Crippen LogP contribution in [0.4, 0.5) is 0 Å². The molecule has 100 valence electrons. The lowest BCUT2D eigenvalue weighted by Gasteiger charge is -2.12. The standard InChI is InChI=1S/C15H17NO3/c1-10(2)19-12-7-11(8-16-9-12)13-5-4-6-14(18-3)15(13)17/h4-10,17H,1-3H3. The Hall–Kier alpha value is -2.23. The molecule has 4 heteroatoms. The summed E-state index contributed by atoms with van der Waals surface area (Å²) < 4.78 is 10.7. The number of benzene rings is 1. The number of para-hydroxylation sites is 1. The van der Waals surface area contributed by atoms with Crippen LogP contribution < -0.4 is 9.47 Å². The maximum Gasteiger partial charge on any atom is 0.165 e. The van der Waals surface area contributed by atoms with Crippen LogP contribution in [0.15, 0.2) is 36.7 Å². The lowest BCUT2D eigenvalue weighted by atomic mass is 10.1. The van der Waals surface area contributed by atoms with Crippen LogP contribution in [-0.2, 0) is 0 Å². The van der Waals surface area contributed by atoms with E-state index in [2.05, 4.69) is 4.98 Å². The van der Waals surface area contributed by atoms with Crippen LogP contribution >= 0.6 is 0 Å². The first-order chi connectivity index (χ1) is 9.11. The molecule has 0 aliphatic heterocycles. The van der Waals surface area contributed by atoms with Crippen molar-refractivity contribution in [2.24, 2.45) is 0 Å². The van der Waals surface area contributed by atoms with Crippen molar-refractivity contribution < 1.29 is 14.6 Å². The molecule has 1 heterocycles. The molecule has 2 aromatic rings. The summed E-state index contributed by atoms with van der Waals surface area (Å²) in [6.45, 7) is 3.91. The molecular weight excluding hydrogens is 242 g/mol. The maximum atomic E-state index is 10.1. The minimum absolute atomic E-state index is 0.0796. The summed E-state index contributed by atoms with van der Waals surface area (Å²) in [6, 6.07) is 7.19. The number of methoxy groups -OCH3 is 1. The first kappa shape index (κ1) is 13.2. The molecule has 1 N–H and O–H groups in total. The van der Waals surface area contributed by atoms with E-state index in [0.29, 0.717) is 17.1 Å². The molecule has 4 nitrogen and oxygen atoms in total. The molecule has 0 aliphatic rings. The third-order valence-electron chi connectivity index (χ3n) is 2.61. The Morgan fingerprint density at radius 3 is 2.68 bits per heavy atom. The Kier molecular flexibility index (Phi) is 3.90. The fourth-order valence-corrected chi connectivity index (χ4v) is 1.82. The number of aromatic nitrogens is 1. The Morgan fingerprint density at radius 2 is 2.00 bits per heavy atom. The number of aromatic hydroxyl groups is 1. The Bertz CT molecular complexity index is 567. The molecule has 0 atom stereocenters. The molecule has 1 aromatic carbocycles. The van der Waals surface area contributed by atoms with Gasteiger partial charge in [-0.25, -0.2) is 0 Å². The summed E-state index contributed by atoms with van der Waals surface area (Å²) in [7, 11) is 1.52. The van der Waals surface area contributed by atoms with Crippen LogP contribution in [-0.4, -0.2) is 23.3 Å². The van der Waals surface area contributed by atoms with Crippen molar-refractivity contribution in [1.29, 1.82) is 0 Å². The van der Waals surface area contributed by atoms with Crippen molar-refractivity contribution in [2.45, 2.75) is 20.0 Å². The predicted octanol–water partition coefficient (Wildman–Crippen LogP) is 3.25. The monoisotopic (exact) mass is 259 g/mol. The van der Waals surface area contributed by atoms with Gasteiger partial charge in [0.2, 0.25) is 0 Å². The van der Waals surface area contributed by atoms with E-state index < -0.39 is 0 Å². The highest BCUT2D eigenvalue weighted by Crippen LogP contribution is 2.37. The SMILES string of the molecule is COc1cccc(-c2cncc(OC(C)C)c2)c1O. The normalized spacial score (nSPS) is 10.5. The molecule has 19 heavy (non-hydrogen) atoms. The highest BCUT2D eigenvalue weighted by molar-refractivity contribution is 5.73. The predicted molar refractivity (Wildman–Crippen MR) is 73.7 cm³/mol. The van der Waals surface area contributed by atoms with E-state index in [0.717, 1.165) is 5.56 Å². The minimum atomic E-state index is 0.0796. The van der Waals surface area contributed by atoms with E-state index in [1.165, 1.54) is 7.11 Å². The van der Waals surface area contributed by atoms with Crippen molar-refractivity contribution in [3.63, 3.8) is 0 Å². The molecule has 0 bridgehead atoms. The molecular formula is C15H17NO3. The highest BCUT2D eigenvalue weighted by Gasteiger charge is 2.10. The summed E-state index contributed by atoms with van der Waals surface area (Å²) >= 11 is 0. The Morgan fingerprint density at radius 1 is 1.21 bits per heavy atom. The first-order valence-electron chi connectivity index (χ1n) is 6.10. The molecule has 0 saturated heterocycles. The molecule has 0 radical (unpaired) electrons. The van der Waals surface area contributed by atoms with Gasteiger partial charge in [0, 0.05) is 17.3 Å². The second kappa shape index (κ2) is 5.61. The van der Waals surface area contributed by atoms with Gasteiger partial charge in [-0.2, -0.15) is 0 Å². The van der Waals surface area contributed by atoms with Crippen molar-refractivity contribution in [3.8, 4) is 28.4 Å². The van der Waals surface area contributed by atoms with E-state index in [4.69, 9.17) is 9.47 Å². The van der Waals surface area contributed by atoms with Gasteiger partial charge in [-0.15, -0.1) is 0 Å². The van der Waals surface area contributed by atoms with E-state index >= 15 is 0 Å². The van der Waals surface area contributed by atoms with Crippen molar-refractivity contribution >= 4 is 0 Å². The van der Waals surface area contributed by atoms with Gasteiger partial charge in [0.05, 0.1) is 19.4 Å². The first-order valence-corrected chi connectivity index (χ1v) is 6.10. The number of hydrogen-bond acceptors (Lipinski definition) is 4. The van der Waals surface area contributed by atoms with Crippen LogP contribution in [0.5, 0.6) is 17.2 Å². The van der Waals surface area contributed by atoms with Gasteiger partial charge in [0.1, 0.15) is 5.75 Å². The average molecular weight is 259 g/mol. The van der Waals surface area contributed by atoms with E-state index in [9.17, 15) is 5.11 Å². The molecule has 0 unspecified atom stereocenters. The highest BCUT2D eigenvalue weighted by atomic mass is 16.5. The third-order valence-corrected chi connectivity index (χ3v) is 2.61. The fraction of sp³-hybridized carbons (Fsp3) is 0.267. The van der Waals surface area contributed by atoms with E-state index in [1.54, 1.807) is 18.5 Å². The van der Waals surface area contributed by atoms with Gasteiger partial charge < -0.3 is 14.6 Å². The van der Waals surface area contributed by atoms with E-state index in [1.807, 2.05) is 32.0 Å². The summed E-state index contributed by atoms with van der Waals surface area (Å²) in [6.07, 6.45) is 3.42. The van der Waals surface area contributed by atoms with Gasteiger partial charge in [-0.05, 0) is 26.0 Å². The number of pyridine rings is 1. The minimum Gasteiger partial charge on any atom is -0.504 e. The number of phenols is 1. The third kappa shape index (κ3) is 2.96. The van der Waals surface area contributed by atoms with Crippen molar-refractivity contribution in [3.05, 3.63) is 36.7 Å². The number of nitrogens with zero attached hydrogens (tertiary/aromatic N) is 1. The summed E-state index contributed by atoms with van der Waals surface area (Å²) in [5.41, 5.74) is 1.45. The fourth-order valence-electron chi connectivity index (χ4n) is 1.82. The molecule has 2 rings (SSSR count). The van der Waals surface area contributed by atoms with Gasteiger partial charge in [0.25, 0.3) is 0 Å². The van der Waals surface area contributed by atoms with Crippen LogP contribution in [0.25, 0.3) is 11.1 Å². The Labute approximate surface area is 112 Å². The van der Waals surface area contributed by atoms with Crippen molar-refractivity contribution in [1.82, 2.24) is 4.98 Å². The van der Waals surface area contributed by atoms with Gasteiger partial charge >= 0.3 is 0 Å². The quantitative estimate of drug-likeness (QED) is 0.915. The van der Waals surface area contributed by atoms with E-state index in [-0.39, 0.29) is 11.9 Å². The van der Waals surface area contributed by atoms with Crippen LogP contribution in [0.2, 0.25) is 0 Å².